The van der Waals surface area contributed by atoms with Crippen LogP contribution in [0.3, 0.4) is 0 Å². The molecule has 2 rings (SSSR count). The van der Waals surface area contributed by atoms with Crippen molar-refractivity contribution >= 4 is 33.8 Å². The second-order valence-corrected chi connectivity index (χ2v) is 3.97. The zero-order valence-electron chi connectivity index (χ0n) is 7.64. The zero-order chi connectivity index (χ0) is 9.80. The standard InChI is InChI=1S/C12H10OS/c13-7-2-1-3-10-4-5-12-11(9-10)6-8-14-12/h1,3-9H,2H2. The van der Waals surface area contributed by atoms with E-state index in [1.807, 2.05) is 12.2 Å². The molecule has 0 saturated heterocycles. The number of fused-ring (bicyclic) bond motifs is 1. The maximum absolute atomic E-state index is 10.1. The van der Waals surface area contributed by atoms with Crippen molar-refractivity contribution < 1.29 is 4.79 Å². The quantitative estimate of drug-likeness (QED) is 0.696. The third kappa shape index (κ3) is 1.91. The van der Waals surface area contributed by atoms with Crippen LogP contribution in [0.15, 0.2) is 35.7 Å². The predicted octanol–water partition coefficient (Wildman–Crippen LogP) is 3.50. The SMILES string of the molecule is O=CCC=Cc1ccc2sccc2c1. The summed E-state index contributed by atoms with van der Waals surface area (Å²) < 4.78 is 1.30. The Kier molecular flexibility index (Phi) is 2.75. The van der Waals surface area contributed by atoms with Crippen molar-refractivity contribution in [2.45, 2.75) is 6.42 Å². The first kappa shape index (κ1) is 9.16. The Bertz CT molecular complexity index is 468. The van der Waals surface area contributed by atoms with Crippen molar-refractivity contribution in [2.24, 2.45) is 0 Å². The van der Waals surface area contributed by atoms with Crippen molar-refractivity contribution in [1.29, 1.82) is 0 Å². The van der Waals surface area contributed by atoms with E-state index in [-0.39, 0.29) is 0 Å². The van der Waals surface area contributed by atoms with Gasteiger partial charge in [-0.15, -0.1) is 11.3 Å². The summed E-state index contributed by atoms with van der Waals surface area (Å²) in [6.45, 7) is 0. The lowest BCUT2D eigenvalue weighted by Gasteiger charge is -1.93. The normalized spacial score (nSPS) is 11.1. The number of benzene rings is 1. The van der Waals surface area contributed by atoms with E-state index in [0.717, 1.165) is 11.8 Å². The molecule has 0 aliphatic rings. The Morgan fingerprint density at radius 3 is 3.07 bits per heavy atom. The third-order valence-electron chi connectivity index (χ3n) is 2.02. The molecule has 1 aromatic heterocycles. The molecule has 0 spiro atoms. The van der Waals surface area contributed by atoms with Crippen LogP contribution in [0.25, 0.3) is 16.2 Å². The highest BCUT2D eigenvalue weighted by Crippen LogP contribution is 2.22. The van der Waals surface area contributed by atoms with Gasteiger partial charge in [0.1, 0.15) is 6.29 Å². The lowest BCUT2D eigenvalue weighted by Crippen LogP contribution is -1.71. The molecular weight excluding hydrogens is 192 g/mol. The van der Waals surface area contributed by atoms with E-state index < -0.39 is 0 Å². The van der Waals surface area contributed by atoms with Gasteiger partial charge in [0.25, 0.3) is 0 Å². The molecule has 1 heterocycles. The molecule has 0 aliphatic carbocycles. The van der Waals surface area contributed by atoms with E-state index in [2.05, 4.69) is 29.6 Å². The Morgan fingerprint density at radius 2 is 2.21 bits per heavy atom. The Balaban J connectivity index is 2.29. The van der Waals surface area contributed by atoms with Gasteiger partial charge in [0.15, 0.2) is 0 Å². The summed E-state index contributed by atoms with van der Waals surface area (Å²) in [6.07, 6.45) is 5.24. The van der Waals surface area contributed by atoms with Crippen molar-refractivity contribution in [2.75, 3.05) is 0 Å². The molecule has 1 nitrogen and oxygen atoms in total. The second-order valence-electron chi connectivity index (χ2n) is 3.02. The third-order valence-corrected chi connectivity index (χ3v) is 2.92. The number of rotatable bonds is 3. The zero-order valence-corrected chi connectivity index (χ0v) is 8.46. The monoisotopic (exact) mass is 202 g/mol. The lowest BCUT2D eigenvalue weighted by atomic mass is 10.1. The van der Waals surface area contributed by atoms with E-state index >= 15 is 0 Å². The van der Waals surface area contributed by atoms with Crippen LogP contribution < -0.4 is 0 Å². The van der Waals surface area contributed by atoms with E-state index in [1.165, 1.54) is 10.1 Å². The summed E-state index contributed by atoms with van der Waals surface area (Å²) in [5, 5.41) is 3.35. The molecule has 1 aromatic carbocycles. The van der Waals surface area contributed by atoms with Gasteiger partial charge < -0.3 is 4.79 Å². The van der Waals surface area contributed by atoms with Gasteiger partial charge in [-0.05, 0) is 34.5 Å². The molecule has 0 atom stereocenters. The number of thiophene rings is 1. The summed E-state index contributed by atoms with van der Waals surface area (Å²) in [5.74, 6) is 0. The van der Waals surface area contributed by atoms with Gasteiger partial charge in [-0.3, -0.25) is 0 Å². The Hall–Kier alpha value is -1.41. The fourth-order valence-corrected chi connectivity index (χ4v) is 2.12. The molecule has 0 radical (unpaired) electrons. The molecule has 0 fully saturated rings. The topological polar surface area (TPSA) is 17.1 Å². The van der Waals surface area contributed by atoms with E-state index in [1.54, 1.807) is 11.3 Å². The van der Waals surface area contributed by atoms with Crippen LogP contribution in [-0.4, -0.2) is 6.29 Å². The first-order chi connectivity index (χ1) is 6.90. The van der Waals surface area contributed by atoms with Crippen LogP contribution in [0.4, 0.5) is 0 Å². The van der Waals surface area contributed by atoms with Gasteiger partial charge in [0.2, 0.25) is 0 Å². The van der Waals surface area contributed by atoms with Crippen LogP contribution >= 0.6 is 11.3 Å². The molecule has 0 unspecified atom stereocenters. The first-order valence-corrected chi connectivity index (χ1v) is 5.35. The number of aldehydes is 1. The first-order valence-electron chi connectivity index (χ1n) is 4.47. The molecule has 0 bridgehead atoms. The van der Waals surface area contributed by atoms with Crippen LogP contribution in [0.1, 0.15) is 12.0 Å². The highest BCUT2D eigenvalue weighted by molar-refractivity contribution is 7.17. The minimum atomic E-state index is 0.488. The Labute approximate surface area is 86.7 Å². The van der Waals surface area contributed by atoms with E-state index in [4.69, 9.17) is 0 Å². The number of allylic oxidation sites excluding steroid dienone is 1. The fraction of sp³-hybridized carbons (Fsp3) is 0.0833. The summed E-state index contributed by atoms with van der Waals surface area (Å²) in [7, 11) is 0. The van der Waals surface area contributed by atoms with Crippen LogP contribution in [-0.2, 0) is 4.79 Å². The van der Waals surface area contributed by atoms with Gasteiger partial charge in [0, 0.05) is 11.1 Å². The number of hydrogen-bond donors (Lipinski definition) is 0. The fourth-order valence-electron chi connectivity index (χ4n) is 1.35. The highest BCUT2D eigenvalue weighted by Gasteiger charge is 1.94. The van der Waals surface area contributed by atoms with E-state index in [0.29, 0.717) is 6.42 Å². The largest absolute Gasteiger partial charge is 0.303 e. The average molecular weight is 202 g/mol. The highest BCUT2D eigenvalue weighted by atomic mass is 32.1. The molecule has 2 heteroatoms. The molecule has 0 N–H and O–H groups in total. The maximum atomic E-state index is 10.1. The minimum Gasteiger partial charge on any atom is -0.303 e. The van der Waals surface area contributed by atoms with Gasteiger partial charge in [-0.25, -0.2) is 0 Å². The molecule has 14 heavy (non-hydrogen) atoms. The molecule has 0 aliphatic heterocycles. The predicted molar refractivity (Wildman–Crippen MR) is 61.5 cm³/mol. The summed E-state index contributed by atoms with van der Waals surface area (Å²) >= 11 is 1.74. The molecule has 0 saturated carbocycles. The molecular formula is C12H10OS. The Morgan fingerprint density at radius 1 is 1.29 bits per heavy atom. The van der Waals surface area contributed by atoms with Crippen molar-refractivity contribution in [3.8, 4) is 0 Å². The van der Waals surface area contributed by atoms with Gasteiger partial charge in [-0.1, -0.05) is 18.2 Å². The second kappa shape index (κ2) is 4.20. The van der Waals surface area contributed by atoms with Crippen molar-refractivity contribution in [3.05, 3.63) is 41.3 Å². The van der Waals surface area contributed by atoms with E-state index in [9.17, 15) is 4.79 Å². The molecule has 2 aromatic rings. The minimum absolute atomic E-state index is 0.488. The summed E-state index contributed by atoms with van der Waals surface area (Å²) in [6, 6.07) is 8.42. The molecule has 0 amide bonds. The number of hydrogen-bond acceptors (Lipinski definition) is 2. The lowest BCUT2D eigenvalue weighted by molar-refractivity contribution is -0.107. The smallest absolute Gasteiger partial charge is 0.123 e. The number of carbonyl (C=O) groups is 1. The van der Waals surface area contributed by atoms with Crippen molar-refractivity contribution in [3.63, 3.8) is 0 Å². The van der Waals surface area contributed by atoms with Crippen molar-refractivity contribution in [1.82, 2.24) is 0 Å². The summed E-state index contributed by atoms with van der Waals surface area (Å²) in [4.78, 5) is 10.1. The van der Waals surface area contributed by atoms with Gasteiger partial charge in [0.05, 0.1) is 0 Å². The van der Waals surface area contributed by atoms with Gasteiger partial charge >= 0.3 is 0 Å². The summed E-state index contributed by atoms with van der Waals surface area (Å²) in [5.41, 5.74) is 1.15. The van der Waals surface area contributed by atoms with Crippen LogP contribution in [0.2, 0.25) is 0 Å². The van der Waals surface area contributed by atoms with Gasteiger partial charge in [-0.2, -0.15) is 0 Å². The molecule has 70 valence electrons. The maximum Gasteiger partial charge on any atom is 0.123 e. The van der Waals surface area contributed by atoms with Crippen LogP contribution in [0, 0.1) is 0 Å². The average Bonchev–Trinajstić information content (AvgIpc) is 2.65. The van der Waals surface area contributed by atoms with Crippen LogP contribution in [0.5, 0.6) is 0 Å². The number of carbonyl (C=O) groups excluding carboxylic acids is 1.